The average Bonchev–Trinajstić information content (AvgIpc) is 3.06. The van der Waals surface area contributed by atoms with Crippen molar-refractivity contribution >= 4 is 0 Å². The van der Waals surface area contributed by atoms with Gasteiger partial charge in [-0.3, -0.25) is 0 Å². The molecule has 1 aromatic rings. The lowest BCUT2D eigenvalue weighted by Crippen LogP contribution is -2.31. The molecule has 1 saturated heterocycles. The van der Waals surface area contributed by atoms with E-state index < -0.39 is 0 Å². The van der Waals surface area contributed by atoms with Crippen LogP contribution in [0.25, 0.3) is 0 Å². The maximum Gasteiger partial charge on any atom is 0.168 e. The molecule has 2 fully saturated rings. The Morgan fingerprint density at radius 3 is 2.85 bits per heavy atom. The van der Waals surface area contributed by atoms with Crippen LogP contribution in [0.5, 0.6) is 0 Å². The zero-order chi connectivity index (χ0) is 14.0. The molecule has 1 atom stereocenters. The smallest absolute Gasteiger partial charge is 0.168 e. The number of aryl methyl sites for hydroxylation is 1. The summed E-state index contributed by atoms with van der Waals surface area (Å²) < 4.78 is 12.0. The lowest BCUT2D eigenvalue weighted by atomic mass is 10.0. The zero-order valence-electron chi connectivity index (χ0n) is 12.6. The van der Waals surface area contributed by atoms with E-state index in [4.69, 9.17) is 9.47 Å². The van der Waals surface area contributed by atoms with Crippen molar-refractivity contribution in [2.24, 2.45) is 0 Å². The zero-order valence-corrected chi connectivity index (χ0v) is 12.6. The Hall–Kier alpha value is -0.900. The molecule has 2 aliphatic rings. The topological polar surface area (TPSA) is 30.5 Å². The summed E-state index contributed by atoms with van der Waals surface area (Å²) in [7, 11) is 0. The van der Waals surface area contributed by atoms with E-state index in [1.807, 2.05) is 0 Å². The van der Waals surface area contributed by atoms with Gasteiger partial charge < -0.3 is 14.8 Å². The van der Waals surface area contributed by atoms with E-state index in [0.717, 1.165) is 32.5 Å². The van der Waals surface area contributed by atoms with Gasteiger partial charge in [-0.1, -0.05) is 18.2 Å². The molecule has 3 nitrogen and oxygen atoms in total. The molecule has 20 heavy (non-hydrogen) atoms. The highest BCUT2D eigenvalue weighted by atomic mass is 16.7. The van der Waals surface area contributed by atoms with Crippen LogP contribution in [0.15, 0.2) is 18.2 Å². The summed E-state index contributed by atoms with van der Waals surface area (Å²) in [4.78, 5) is 0. The summed E-state index contributed by atoms with van der Waals surface area (Å²) in [5.41, 5.74) is 4.12. The van der Waals surface area contributed by atoms with Crippen LogP contribution < -0.4 is 5.32 Å². The van der Waals surface area contributed by atoms with Gasteiger partial charge in [-0.05, 0) is 43.4 Å². The van der Waals surface area contributed by atoms with E-state index in [2.05, 4.69) is 37.4 Å². The Morgan fingerprint density at radius 2 is 2.05 bits per heavy atom. The van der Waals surface area contributed by atoms with E-state index in [1.165, 1.54) is 29.5 Å². The van der Waals surface area contributed by atoms with Gasteiger partial charge >= 0.3 is 0 Å². The van der Waals surface area contributed by atoms with Crippen molar-refractivity contribution < 1.29 is 9.47 Å². The van der Waals surface area contributed by atoms with Crippen LogP contribution in [0.3, 0.4) is 0 Å². The summed E-state index contributed by atoms with van der Waals surface area (Å²) in [5.74, 6) is -0.231. The van der Waals surface area contributed by atoms with Gasteiger partial charge in [0.25, 0.3) is 0 Å². The Bertz CT molecular complexity index is 466. The molecule has 1 spiro atoms. The second kappa shape index (κ2) is 5.84. The highest BCUT2D eigenvalue weighted by Gasteiger charge is 2.43. The SMILES string of the molecule is Cc1cccc(CNC[C@@H]2COC3(CCCC3)O2)c1C. The summed E-state index contributed by atoms with van der Waals surface area (Å²) in [5, 5.41) is 3.51. The summed E-state index contributed by atoms with van der Waals surface area (Å²) in [6.07, 6.45) is 4.82. The van der Waals surface area contributed by atoms with E-state index in [-0.39, 0.29) is 11.9 Å². The van der Waals surface area contributed by atoms with Crippen LogP contribution in [0.1, 0.15) is 42.4 Å². The van der Waals surface area contributed by atoms with Crippen LogP contribution in [0, 0.1) is 13.8 Å². The largest absolute Gasteiger partial charge is 0.347 e. The first-order valence-electron chi connectivity index (χ1n) is 7.76. The molecule has 3 heteroatoms. The molecular formula is C17H25NO2. The molecular weight excluding hydrogens is 250 g/mol. The Morgan fingerprint density at radius 1 is 1.25 bits per heavy atom. The first-order chi connectivity index (χ1) is 9.69. The van der Waals surface area contributed by atoms with Gasteiger partial charge in [0.15, 0.2) is 5.79 Å². The highest BCUT2D eigenvalue weighted by Crippen LogP contribution is 2.38. The summed E-state index contributed by atoms with van der Waals surface area (Å²) in [6.45, 7) is 6.86. The van der Waals surface area contributed by atoms with E-state index in [9.17, 15) is 0 Å². The van der Waals surface area contributed by atoms with Crippen molar-refractivity contribution in [2.45, 2.75) is 58.0 Å². The van der Waals surface area contributed by atoms with Crippen molar-refractivity contribution in [3.8, 4) is 0 Å². The van der Waals surface area contributed by atoms with Crippen molar-refractivity contribution in [3.63, 3.8) is 0 Å². The van der Waals surface area contributed by atoms with Gasteiger partial charge in [0.2, 0.25) is 0 Å². The van der Waals surface area contributed by atoms with Gasteiger partial charge in [-0.15, -0.1) is 0 Å². The van der Waals surface area contributed by atoms with Crippen LogP contribution in [-0.4, -0.2) is 25.0 Å². The molecule has 0 unspecified atom stereocenters. The van der Waals surface area contributed by atoms with Gasteiger partial charge in [0.1, 0.15) is 0 Å². The fourth-order valence-corrected chi connectivity index (χ4v) is 3.26. The molecule has 1 N–H and O–H groups in total. The van der Waals surface area contributed by atoms with Gasteiger partial charge in [0, 0.05) is 25.9 Å². The molecule has 0 radical (unpaired) electrons. The number of rotatable bonds is 4. The number of ether oxygens (including phenoxy) is 2. The molecule has 1 heterocycles. The highest BCUT2D eigenvalue weighted by molar-refractivity contribution is 5.32. The van der Waals surface area contributed by atoms with Crippen molar-refractivity contribution in [3.05, 3.63) is 34.9 Å². The van der Waals surface area contributed by atoms with Gasteiger partial charge in [-0.2, -0.15) is 0 Å². The molecule has 1 saturated carbocycles. The number of hydrogen-bond donors (Lipinski definition) is 1. The van der Waals surface area contributed by atoms with E-state index in [0.29, 0.717) is 0 Å². The van der Waals surface area contributed by atoms with Crippen LogP contribution >= 0.6 is 0 Å². The minimum atomic E-state index is -0.231. The van der Waals surface area contributed by atoms with E-state index >= 15 is 0 Å². The molecule has 1 aliphatic carbocycles. The summed E-state index contributed by atoms with van der Waals surface area (Å²) in [6, 6.07) is 6.48. The monoisotopic (exact) mass is 275 g/mol. The fourth-order valence-electron chi connectivity index (χ4n) is 3.26. The Labute approximate surface area is 121 Å². The van der Waals surface area contributed by atoms with Crippen LogP contribution in [0.4, 0.5) is 0 Å². The third kappa shape index (κ3) is 2.90. The molecule has 0 bridgehead atoms. The van der Waals surface area contributed by atoms with Crippen LogP contribution in [-0.2, 0) is 16.0 Å². The van der Waals surface area contributed by atoms with Crippen molar-refractivity contribution in [2.75, 3.05) is 13.2 Å². The predicted octanol–water partition coefficient (Wildman–Crippen LogP) is 3.08. The van der Waals surface area contributed by atoms with Gasteiger partial charge in [-0.25, -0.2) is 0 Å². The molecule has 0 amide bonds. The first-order valence-corrected chi connectivity index (χ1v) is 7.76. The molecule has 1 aromatic carbocycles. The third-order valence-corrected chi connectivity index (χ3v) is 4.68. The lowest BCUT2D eigenvalue weighted by Gasteiger charge is -2.22. The van der Waals surface area contributed by atoms with Gasteiger partial charge in [0.05, 0.1) is 12.7 Å². The molecule has 3 rings (SSSR count). The normalized spacial score (nSPS) is 24.6. The number of hydrogen-bond acceptors (Lipinski definition) is 3. The standard InChI is InChI=1S/C17H25NO2/c1-13-6-5-7-15(14(13)2)10-18-11-16-12-19-17(20-16)8-3-4-9-17/h5-7,16,18H,3-4,8-12H2,1-2H3/t16-/m1/s1. The molecule has 110 valence electrons. The lowest BCUT2D eigenvalue weighted by molar-refractivity contribution is -0.161. The Kier molecular flexibility index (Phi) is 4.11. The second-order valence-corrected chi connectivity index (χ2v) is 6.16. The maximum atomic E-state index is 6.12. The second-order valence-electron chi connectivity index (χ2n) is 6.16. The molecule has 0 aromatic heterocycles. The Balaban J connectivity index is 1.48. The fraction of sp³-hybridized carbons (Fsp3) is 0.647. The average molecular weight is 275 g/mol. The minimum Gasteiger partial charge on any atom is -0.347 e. The van der Waals surface area contributed by atoms with Crippen LogP contribution in [0.2, 0.25) is 0 Å². The van der Waals surface area contributed by atoms with Crippen molar-refractivity contribution in [1.82, 2.24) is 5.32 Å². The molecule has 1 aliphatic heterocycles. The maximum absolute atomic E-state index is 6.12. The first kappa shape index (κ1) is 14.1. The van der Waals surface area contributed by atoms with E-state index in [1.54, 1.807) is 0 Å². The minimum absolute atomic E-state index is 0.207. The predicted molar refractivity (Wildman–Crippen MR) is 79.6 cm³/mol. The third-order valence-electron chi connectivity index (χ3n) is 4.68. The summed E-state index contributed by atoms with van der Waals surface area (Å²) >= 11 is 0. The quantitative estimate of drug-likeness (QED) is 0.916. The number of benzene rings is 1. The van der Waals surface area contributed by atoms with Crippen molar-refractivity contribution in [1.29, 1.82) is 0 Å². The number of nitrogens with one attached hydrogen (secondary N) is 1.